The van der Waals surface area contributed by atoms with Crippen molar-refractivity contribution in [3.05, 3.63) is 63.7 Å². The smallest absolute Gasteiger partial charge is 0.265 e. The van der Waals surface area contributed by atoms with Crippen LogP contribution in [0.3, 0.4) is 0 Å². The topological polar surface area (TPSA) is 66.5 Å². The number of nitrogens with one attached hydrogen (secondary N) is 1. The average molecular weight is 481 g/mol. The van der Waals surface area contributed by atoms with Gasteiger partial charge in [-0.25, -0.2) is 17.5 Å². The number of carbonyl (C=O) groups excluding carboxylic acids is 1. The molecule has 1 aromatic heterocycles. The lowest BCUT2D eigenvalue weighted by molar-refractivity contribution is 0.0681. The SMILES string of the molecule is Cc1ccc(S(=O)(=O)NCC2CCCN(C(=O)c3sc4cc(F)ccc4c3Cl)C2)cc1. The number of halogens is 2. The van der Waals surface area contributed by atoms with Crippen LogP contribution < -0.4 is 4.72 Å². The summed E-state index contributed by atoms with van der Waals surface area (Å²) in [6.07, 6.45) is 1.60. The van der Waals surface area contributed by atoms with Crippen LogP contribution in [0.5, 0.6) is 0 Å². The Hall–Kier alpha value is -2.00. The Morgan fingerprint density at radius 3 is 2.74 bits per heavy atom. The highest BCUT2D eigenvalue weighted by atomic mass is 35.5. The molecular weight excluding hydrogens is 459 g/mol. The number of rotatable bonds is 5. The van der Waals surface area contributed by atoms with Gasteiger partial charge in [-0.05, 0) is 56.0 Å². The van der Waals surface area contributed by atoms with Crippen molar-refractivity contribution in [2.45, 2.75) is 24.7 Å². The second-order valence-electron chi connectivity index (χ2n) is 7.81. The third kappa shape index (κ3) is 4.77. The van der Waals surface area contributed by atoms with Gasteiger partial charge in [0, 0.05) is 29.7 Å². The maximum atomic E-state index is 13.5. The second-order valence-corrected chi connectivity index (χ2v) is 11.0. The fourth-order valence-corrected chi connectivity index (χ4v) is 6.39. The summed E-state index contributed by atoms with van der Waals surface area (Å²) in [6, 6.07) is 11.0. The average Bonchev–Trinajstić information content (AvgIpc) is 3.08. The first-order valence-corrected chi connectivity index (χ1v) is 12.7. The number of hydrogen-bond donors (Lipinski definition) is 1. The van der Waals surface area contributed by atoms with Gasteiger partial charge in [-0.1, -0.05) is 29.3 Å². The van der Waals surface area contributed by atoms with Crippen molar-refractivity contribution >= 4 is 49.0 Å². The molecule has 0 aliphatic carbocycles. The molecule has 1 atom stereocenters. The van der Waals surface area contributed by atoms with Crippen molar-refractivity contribution < 1.29 is 17.6 Å². The molecule has 1 amide bonds. The monoisotopic (exact) mass is 480 g/mol. The predicted molar refractivity (Wildman–Crippen MR) is 122 cm³/mol. The Bertz CT molecular complexity index is 1230. The highest BCUT2D eigenvalue weighted by Crippen LogP contribution is 2.37. The van der Waals surface area contributed by atoms with E-state index in [2.05, 4.69) is 4.72 Å². The molecule has 1 aliphatic rings. The molecule has 0 spiro atoms. The van der Waals surface area contributed by atoms with E-state index in [9.17, 15) is 17.6 Å². The minimum absolute atomic E-state index is 0.00326. The summed E-state index contributed by atoms with van der Waals surface area (Å²) in [5, 5.41) is 1.00. The molecule has 1 unspecified atom stereocenters. The first-order chi connectivity index (χ1) is 14.7. The number of thiophene rings is 1. The summed E-state index contributed by atoms with van der Waals surface area (Å²) in [4.78, 5) is 15.4. The van der Waals surface area contributed by atoms with E-state index in [1.807, 2.05) is 6.92 Å². The lowest BCUT2D eigenvalue weighted by Crippen LogP contribution is -2.43. The zero-order valence-electron chi connectivity index (χ0n) is 16.9. The summed E-state index contributed by atoms with van der Waals surface area (Å²) >= 11 is 7.59. The zero-order valence-corrected chi connectivity index (χ0v) is 19.3. The van der Waals surface area contributed by atoms with Gasteiger partial charge < -0.3 is 4.90 Å². The molecule has 5 nitrogen and oxygen atoms in total. The Labute approximate surface area is 189 Å². The van der Waals surface area contributed by atoms with E-state index in [0.29, 0.717) is 33.1 Å². The Balaban J connectivity index is 1.44. The van der Waals surface area contributed by atoms with Crippen LogP contribution in [0.4, 0.5) is 4.39 Å². The highest BCUT2D eigenvalue weighted by Gasteiger charge is 2.28. The van der Waals surface area contributed by atoms with Gasteiger partial charge in [0.05, 0.1) is 9.92 Å². The van der Waals surface area contributed by atoms with Crippen LogP contribution in [0.1, 0.15) is 28.1 Å². The van der Waals surface area contributed by atoms with Crippen LogP contribution in [-0.2, 0) is 10.0 Å². The largest absolute Gasteiger partial charge is 0.338 e. The number of hydrogen-bond acceptors (Lipinski definition) is 4. The zero-order chi connectivity index (χ0) is 22.2. The van der Waals surface area contributed by atoms with Crippen molar-refractivity contribution in [3.8, 4) is 0 Å². The molecule has 0 saturated carbocycles. The number of fused-ring (bicyclic) bond motifs is 1. The summed E-state index contributed by atoms with van der Waals surface area (Å²) in [5.41, 5.74) is 0.989. The minimum atomic E-state index is -3.60. The number of amides is 1. The number of aryl methyl sites for hydroxylation is 1. The molecule has 2 aromatic carbocycles. The predicted octanol–water partition coefficient (Wildman–Crippen LogP) is 4.83. The van der Waals surface area contributed by atoms with Crippen molar-refractivity contribution in [2.24, 2.45) is 5.92 Å². The van der Waals surface area contributed by atoms with Crippen LogP contribution in [0.15, 0.2) is 47.4 Å². The quantitative estimate of drug-likeness (QED) is 0.568. The lowest BCUT2D eigenvalue weighted by atomic mass is 9.98. The molecule has 4 rings (SSSR count). The van der Waals surface area contributed by atoms with Gasteiger partial charge in [0.2, 0.25) is 10.0 Å². The summed E-state index contributed by atoms with van der Waals surface area (Å²) in [7, 11) is -3.60. The third-order valence-corrected chi connectivity index (χ3v) is 8.57. The third-order valence-electron chi connectivity index (χ3n) is 5.49. The number of likely N-dealkylation sites (tertiary alicyclic amines) is 1. The van der Waals surface area contributed by atoms with E-state index in [1.165, 1.54) is 23.5 Å². The standard InChI is InChI=1S/C22H22ClFN2O3S2/c1-14-4-7-17(8-5-14)31(28,29)25-12-15-3-2-10-26(13-15)22(27)21-20(23)18-9-6-16(24)11-19(18)30-21/h4-9,11,15,25H,2-3,10,12-13H2,1H3. The maximum absolute atomic E-state index is 13.5. The fourth-order valence-electron chi connectivity index (χ4n) is 3.76. The molecule has 9 heteroatoms. The van der Waals surface area contributed by atoms with Crippen LogP contribution >= 0.6 is 22.9 Å². The normalized spacial score (nSPS) is 17.3. The van der Waals surface area contributed by atoms with Gasteiger partial charge in [0.1, 0.15) is 10.7 Å². The molecule has 31 heavy (non-hydrogen) atoms. The highest BCUT2D eigenvalue weighted by molar-refractivity contribution is 7.89. The fraction of sp³-hybridized carbons (Fsp3) is 0.318. The van der Waals surface area contributed by atoms with Crippen molar-refractivity contribution in [1.82, 2.24) is 9.62 Å². The van der Waals surface area contributed by atoms with Gasteiger partial charge in [-0.3, -0.25) is 4.79 Å². The van der Waals surface area contributed by atoms with Crippen LogP contribution in [0.25, 0.3) is 10.1 Å². The Morgan fingerprint density at radius 2 is 2.00 bits per heavy atom. The van der Waals surface area contributed by atoms with Gasteiger partial charge in [0.15, 0.2) is 0 Å². The van der Waals surface area contributed by atoms with Crippen molar-refractivity contribution in [2.75, 3.05) is 19.6 Å². The number of piperidine rings is 1. The summed E-state index contributed by atoms with van der Waals surface area (Å²) in [6.45, 7) is 3.18. The van der Waals surface area contributed by atoms with Gasteiger partial charge >= 0.3 is 0 Å². The first-order valence-electron chi connectivity index (χ1n) is 9.98. The summed E-state index contributed by atoms with van der Waals surface area (Å²) < 4.78 is 41.9. The van der Waals surface area contributed by atoms with Gasteiger partial charge in [-0.2, -0.15) is 0 Å². The molecule has 1 fully saturated rings. The first kappa shape index (κ1) is 22.2. The lowest BCUT2D eigenvalue weighted by Gasteiger charge is -2.32. The van der Waals surface area contributed by atoms with E-state index in [-0.39, 0.29) is 29.1 Å². The molecule has 1 N–H and O–H groups in total. The Morgan fingerprint density at radius 1 is 1.26 bits per heavy atom. The number of sulfonamides is 1. The number of carbonyl (C=O) groups is 1. The van der Waals surface area contributed by atoms with E-state index < -0.39 is 10.0 Å². The molecule has 0 bridgehead atoms. The molecule has 0 radical (unpaired) electrons. The van der Waals surface area contributed by atoms with Crippen molar-refractivity contribution in [3.63, 3.8) is 0 Å². The van der Waals surface area contributed by atoms with Gasteiger partial charge in [0.25, 0.3) is 5.91 Å². The molecular formula is C22H22ClFN2O3S2. The van der Waals surface area contributed by atoms with Crippen LogP contribution in [0, 0.1) is 18.7 Å². The second kappa shape index (κ2) is 8.86. The van der Waals surface area contributed by atoms with Crippen LogP contribution in [0.2, 0.25) is 5.02 Å². The van der Waals surface area contributed by atoms with E-state index in [1.54, 1.807) is 35.2 Å². The van der Waals surface area contributed by atoms with Crippen LogP contribution in [-0.4, -0.2) is 38.9 Å². The summed E-state index contributed by atoms with van der Waals surface area (Å²) in [5.74, 6) is -0.565. The minimum Gasteiger partial charge on any atom is -0.338 e. The van der Waals surface area contributed by atoms with Crippen molar-refractivity contribution in [1.29, 1.82) is 0 Å². The van der Waals surface area contributed by atoms with E-state index in [4.69, 9.17) is 11.6 Å². The molecule has 3 aromatic rings. The number of nitrogens with zero attached hydrogens (tertiary/aromatic N) is 1. The molecule has 164 valence electrons. The number of benzene rings is 2. The van der Waals surface area contributed by atoms with E-state index >= 15 is 0 Å². The Kier molecular flexibility index (Phi) is 6.35. The maximum Gasteiger partial charge on any atom is 0.265 e. The molecule has 1 saturated heterocycles. The van der Waals surface area contributed by atoms with Gasteiger partial charge in [-0.15, -0.1) is 11.3 Å². The molecule has 1 aliphatic heterocycles. The molecule has 2 heterocycles. The van der Waals surface area contributed by atoms with E-state index in [0.717, 1.165) is 18.4 Å².